The van der Waals surface area contributed by atoms with Crippen LogP contribution >= 0.6 is 0 Å². The molecule has 1 saturated heterocycles. The molecular weight excluding hydrogens is 331 g/mol. The molecule has 1 heterocycles. The summed E-state index contributed by atoms with van der Waals surface area (Å²) in [7, 11) is -0.374. The molecule has 7 heteroatoms. The molecule has 0 bridgehead atoms. The number of aryl methyl sites for hydroxylation is 1. The van der Waals surface area contributed by atoms with E-state index in [0.29, 0.717) is 6.54 Å². The number of hydrogen-bond donors (Lipinski definition) is 2. The van der Waals surface area contributed by atoms with Gasteiger partial charge in [-0.15, -0.1) is 0 Å². The van der Waals surface area contributed by atoms with E-state index >= 15 is 0 Å². The van der Waals surface area contributed by atoms with Crippen LogP contribution in [0.15, 0.2) is 18.2 Å². The maximum absolute atomic E-state index is 11.7. The Balaban J connectivity index is 1.95. The Morgan fingerprint density at radius 3 is 2.23 bits per heavy atom. The molecule has 0 unspecified atom stereocenters. The first-order valence-electron chi connectivity index (χ1n) is 8.98. The largest absolute Gasteiger partial charge is 0.494 e. The van der Waals surface area contributed by atoms with Crippen molar-refractivity contribution < 1.29 is 18.8 Å². The number of hydrazine groups is 1. The maximum Gasteiger partial charge on any atom is 0.494 e. The zero-order valence-electron chi connectivity index (χ0n) is 17.1. The van der Waals surface area contributed by atoms with E-state index in [1.807, 2.05) is 67.5 Å². The highest BCUT2D eigenvalue weighted by Crippen LogP contribution is 2.36. The van der Waals surface area contributed by atoms with Crippen LogP contribution in [0.25, 0.3) is 0 Å². The van der Waals surface area contributed by atoms with Gasteiger partial charge in [-0.05, 0) is 72.0 Å². The number of ether oxygens (including phenoxy) is 1. The van der Waals surface area contributed by atoms with Crippen molar-refractivity contribution in [2.24, 2.45) is 0 Å². The lowest BCUT2D eigenvalue weighted by atomic mass is 9.78. The summed E-state index contributed by atoms with van der Waals surface area (Å²) in [4.78, 5) is 11.7. The van der Waals surface area contributed by atoms with Crippen LogP contribution in [0.2, 0.25) is 0 Å². The number of hydrogen-bond acceptors (Lipinski definition) is 5. The third-order valence-electron chi connectivity index (χ3n) is 4.76. The smallest absolute Gasteiger partial charge is 0.443 e. The van der Waals surface area contributed by atoms with Gasteiger partial charge in [0.2, 0.25) is 0 Å². The minimum absolute atomic E-state index is 0.358. The van der Waals surface area contributed by atoms with Crippen LogP contribution in [-0.2, 0) is 20.6 Å². The second-order valence-corrected chi connectivity index (χ2v) is 8.75. The maximum atomic E-state index is 11.7. The highest BCUT2D eigenvalue weighted by atomic mass is 16.7. The standard InChI is InChI=1S/C19H31BN2O4/c1-13-11-15(20-25-18(5,6)19(7,8)26-20)10-9-14(13)12-21-22-16(23)24-17(2,3)4/h9-11,21H,12H2,1-8H3,(H,22,23). The lowest BCUT2D eigenvalue weighted by Gasteiger charge is -2.32. The lowest BCUT2D eigenvalue weighted by molar-refractivity contribution is 0.00578. The summed E-state index contributed by atoms with van der Waals surface area (Å²) in [6, 6.07) is 6.08. The van der Waals surface area contributed by atoms with E-state index in [2.05, 4.69) is 16.9 Å². The molecule has 0 aliphatic carbocycles. The van der Waals surface area contributed by atoms with Crippen molar-refractivity contribution in [2.75, 3.05) is 0 Å². The molecule has 1 aliphatic heterocycles. The predicted molar refractivity (Wildman–Crippen MR) is 103 cm³/mol. The minimum atomic E-state index is -0.522. The fourth-order valence-corrected chi connectivity index (χ4v) is 2.56. The molecule has 144 valence electrons. The van der Waals surface area contributed by atoms with Gasteiger partial charge < -0.3 is 14.0 Å². The molecule has 2 rings (SSSR count). The lowest BCUT2D eigenvalue weighted by Crippen LogP contribution is -2.41. The quantitative estimate of drug-likeness (QED) is 0.637. The number of amides is 1. The molecule has 1 aromatic rings. The van der Waals surface area contributed by atoms with Crippen molar-refractivity contribution in [3.63, 3.8) is 0 Å². The van der Waals surface area contributed by atoms with Crippen molar-refractivity contribution in [3.8, 4) is 0 Å². The van der Waals surface area contributed by atoms with E-state index in [4.69, 9.17) is 14.0 Å². The van der Waals surface area contributed by atoms with Gasteiger partial charge in [0.15, 0.2) is 0 Å². The molecule has 1 amide bonds. The van der Waals surface area contributed by atoms with Crippen molar-refractivity contribution in [1.82, 2.24) is 10.9 Å². The Morgan fingerprint density at radius 1 is 1.15 bits per heavy atom. The highest BCUT2D eigenvalue weighted by molar-refractivity contribution is 6.62. The summed E-state index contributed by atoms with van der Waals surface area (Å²) in [6.45, 7) is 16.2. The predicted octanol–water partition coefficient (Wildman–Crippen LogP) is 2.82. The Kier molecular flexibility index (Phi) is 5.76. The van der Waals surface area contributed by atoms with Crippen LogP contribution < -0.4 is 16.3 Å². The van der Waals surface area contributed by atoms with Crippen LogP contribution in [0.3, 0.4) is 0 Å². The van der Waals surface area contributed by atoms with Gasteiger partial charge in [0.05, 0.1) is 11.2 Å². The van der Waals surface area contributed by atoms with Crippen molar-refractivity contribution in [3.05, 3.63) is 29.3 Å². The van der Waals surface area contributed by atoms with E-state index in [9.17, 15) is 4.79 Å². The molecule has 1 aromatic carbocycles. The fourth-order valence-electron chi connectivity index (χ4n) is 2.56. The number of nitrogens with one attached hydrogen (secondary N) is 2. The summed E-state index contributed by atoms with van der Waals surface area (Å²) in [5.74, 6) is 0. The molecule has 0 aromatic heterocycles. The topological polar surface area (TPSA) is 68.8 Å². The van der Waals surface area contributed by atoms with Crippen LogP contribution in [-0.4, -0.2) is 30.0 Å². The van der Waals surface area contributed by atoms with Gasteiger partial charge in [-0.2, -0.15) is 0 Å². The third kappa shape index (κ3) is 4.99. The molecule has 0 radical (unpaired) electrons. The second-order valence-electron chi connectivity index (χ2n) is 8.75. The summed E-state index contributed by atoms with van der Waals surface area (Å²) in [5, 5.41) is 0. The van der Waals surface area contributed by atoms with Crippen molar-refractivity contribution in [1.29, 1.82) is 0 Å². The Hall–Kier alpha value is -1.57. The first kappa shape index (κ1) is 20.7. The van der Waals surface area contributed by atoms with Gasteiger partial charge in [0.25, 0.3) is 0 Å². The average Bonchev–Trinajstić information content (AvgIpc) is 2.67. The normalized spacial score (nSPS) is 18.7. The molecule has 0 atom stereocenters. The summed E-state index contributed by atoms with van der Waals surface area (Å²) in [5.41, 5.74) is 7.36. The van der Waals surface area contributed by atoms with Gasteiger partial charge in [-0.25, -0.2) is 10.2 Å². The first-order valence-corrected chi connectivity index (χ1v) is 8.98. The van der Waals surface area contributed by atoms with Gasteiger partial charge in [-0.3, -0.25) is 5.43 Å². The molecule has 6 nitrogen and oxygen atoms in total. The second kappa shape index (κ2) is 7.21. The van der Waals surface area contributed by atoms with Crippen molar-refractivity contribution in [2.45, 2.75) is 78.7 Å². The van der Waals surface area contributed by atoms with Crippen LogP contribution in [0.5, 0.6) is 0 Å². The minimum Gasteiger partial charge on any atom is -0.443 e. The molecular formula is C19H31BN2O4. The van der Waals surface area contributed by atoms with Gasteiger partial charge >= 0.3 is 13.2 Å². The highest BCUT2D eigenvalue weighted by Gasteiger charge is 2.51. The molecule has 2 N–H and O–H groups in total. The van der Waals surface area contributed by atoms with Gasteiger partial charge in [0, 0.05) is 6.54 Å². The van der Waals surface area contributed by atoms with Crippen LogP contribution in [0, 0.1) is 6.92 Å². The van der Waals surface area contributed by atoms with E-state index in [1.165, 1.54) is 0 Å². The molecule has 1 fully saturated rings. The van der Waals surface area contributed by atoms with E-state index in [1.54, 1.807) is 0 Å². The van der Waals surface area contributed by atoms with Gasteiger partial charge in [-0.1, -0.05) is 18.2 Å². The number of rotatable bonds is 4. The fraction of sp³-hybridized carbons (Fsp3) is 0.632. The molecule has 26 heavy (non-hydrogen) atoms. The average molecular weight is 362 g/mol. The van der Waals surface area contributed by atoms with E-state index in [-0.39, 0.29) is 18.3 Å². The zero-order valence-corrected chi connectivity index (χ0v) is 17.1. The Bertz CT molecular complexity index is 652. The van der Waals surface area contributed by atoms with Gasteiger partial charge in [0.1, 0.15) is 5.60 Å². The number of carbonyl (C=O) groups excluding carboxylic acids is 1. The van der Waals surface area contributed by atoms with Crippen LogP contribution in [0.1, 0.15) is 59.6 Å². The third-order valence-corrected chi connectivity index (χ3v) is 4.76. The zero-order chi connectivity index (χ0) is 19.8. The molecule has 0 saturated carbocycles. The first-order chi connectivity index (χ1) is 11.8. The molecule has 0 spiro atoms. The van der Waals surface area contributed by atoms with E-state index in [0.717, 1.165) is 16.6 Å². The number of benzene rings is 1. The Morgan fingerprint density at radius 2 is 1.73 bits per heavy atom. The molecule has 1 aliphatic rings. The SMILES string of the molecule is Cc1cc(B2OC(C)(C)C(C)(C)O2)ccc1CNNC(=O)OC(C)(C)C. The van der Waals surface area contributed by atoms with Crippen molar-refractivity contribution >= 4 is 18.7 Å². The van der Waals surface area contributed by atoms with Crippen LogP contribution in [0.4, 0.5) is 4.79 Å². The Labute approximate surface area is 157 Å². The summed E-state index contributed by atoms with van der Waals surface area (Å²) < 4.78 is 17.4. The van der Waals surface area contributed by atoms with E-state index < -0.39 is 11.7 Å². The number of carbonyl (C=O) groups is 1. The summed E-state index contributed by atoms with van der Waals surface area (Å²) in [6.07, 6.45) is -0.496. The summed E-state index contributed by atoms with van der Waals surface area (Å²) >= 11 is 0. The monoisotopic (exact) mass is 362 g/mol.